The number of para-hydroxylation sites is 4. The van der Waals surface area contributed by atoms with Crippen molar-refractivity contribution in [3.63, 3.8) is 0 Å². The van der Waals surface area contributed by atoms with Crippen molar-refractivity contribution in [1.82, 2.24) is 9.13 Å². The Morgan fingerprint density at radius 3 is 1.32 bits per heavy atom. The van der Waals surface area contributed by atoms with Gasteiger partial charge >= 0.3 is 0 Å². The predicted octanol–water partition coefficient (Wildman–Crippen LogP) is 17.1. The van der Waals surface area contributed by atoms with E-state index in [4.69, 9.17) is 0 Å². The highest BCUT2D eigenvalue weighted by Gasteiger charge is 2.18. The largest absolute Gasteiger partial charge is 0.310 e. The lowest BCUT2D eigenvalue weighted by molar-refractivity contribution is 0.641. The first kappa shape index (κ1) is 37.8. The minimum atomic E-state index is -0.210. The topological polar surface area (TPSA) is 13.1 Å². The second-order valence-electron chi connectivity index (χ2n) is 17.1. The van der Waals surface area contributed by atoms with E-state index >= 15 is 4.39 Å². The summed E-state index contributed by atoms with van der Waals surface area (Å²) < 4.78 is 20.1. The molecule has 0 atom stereocenters. The van der Waals surface area contributed by atoms with E-state index in [9.17, 15) is 0 Å². The molecule has 13 rings (SSSR count). The number of fused-ring (bicyclic) bond motifs is 9. The van der Waals surface area contributed by atoms with Gasteiger partial charge in [0.05, 0.1) is 22.1 Å². The summed E-state index contributed by atoms with van der Waals surface area (Å²) in [6.45, 7) is 0. The van der Waals surface area contributed by atoms with Gasteiger partial charge in [-0.15, -0.1) is 0 Å². The van der Waals surface area contributed by atoms with Crippen LogP contribution in [0.2, 0.25) is 0 Å². The third-order valence-corrected chi connectivity index (χ3v) is 13.3. The summed E-state index contributed by atoms with van der Waals surface area (Å²) in [4.78, 5) is 2.23. The van der Waals surface area contributed by atoms with Crippen molar-refractivity contribution < 1.29 is 4.39 Å². The molecule has 0 fully saturated rings. The number of halogens is 1. The van der Waals surface area contributed by atoms with E-state index in [1.165, 1.54) is 54.7 Å². The zero-order chi connectivity index (χ0) is 43.7. The first-order valence-electron chi connectivity index (χ1n) is 22.4. The number of rotatable bonds is 7. The maximum atomic E-state index is 15.3. The van der Waals surface area contributed by atoms with Gasteiger partial charge in [-0.1, -0.05) is 140 Å². The van der Waals surface area contributed by atoms with Crippen LogP contribution in [0.1, 0.15) is 0 Å². The molecule has 3 nitrogen and oxygen atoms in total. The molecule has 0 radical (unpaired) electrons. The summed E-state index contributed by atoms with van der Waals surface area (Å²) in [7, 11) is 0. The molecule has 310 valence electrons. The van der Waals surface area contributed by atoms with Crippen LogP contribution in [0.5, 0.6) is 0 Å². The Morgan fingerprint density at radius 2 is 0.712 bits per heavy atom. The highest BCUT2D eigenvalue weighted by molar-refractivity contribution is 6.13. The molecule has 0 aliphatic rings. The quantitative estimate of drug-likeness (QED) is 0.146. The molecule has 0 saturated heterocycles. The molecule has 2 heterocycles. The van der Waals surface area contributed by atoms with Crippen LogP contribution in [0.25, 0.3) is 98.8 Å². The average Bonchev–Trinajstić information content (AvgIpc) is 3.89. The standard InChI is InChI=1S/C62H40FN3/c63-58-40-45-37-50(33-34-51(45)52-17-7-8-18-53(52)58)64(46-13-3-1-4-14-46)48-29-23-41(24-30-48)42-25-31-49(32-26-42)66-60-22-12-10-20-55(60)57-39-44(28-36-62(57)66)43-27-35-61-56(38-43)54-19-9-11-21-59(54)65(61)47-15-5-2-6-16-47/h1-40H. The van der Waals surface area contributed by atoms with Gasteiger partial charge in [-0.05, 0) is 142 Å². The molecule has 66 heavy (non-hydrogen) atoms. The van der Waals surface area contributed by atoms with E-state index < -0.39 is 0 Å². The Hall–Kier alpha value is -8.73. The van der Waals surface area contributed by atoms with E-state index in [0.717, 1.165) is 55.7 Å². The van der Waals surface area contributed by atoms with Crippen molar-refractivity contribution in [2.75, 3.05) is 4.90 Å². The van der Waals surface area contributed by atoms with Gasteiger partial charge in [-0.2, -0.15) is 0 Å². The zero-order valence-electron chi connectivity index (χ0n) is 35.8. The van der Waals surface area contributed by atoms with Gasteiger partial charge in [-0.25, -0.2) is 4.39 Å². The van der Waals surface area contributed by atoms with Gasteiger partial charge < -0.3 is 14.0 Å². The number of aromatic nitrogens is 2. The van der Waals surface area contributed by atoms with E-state index in [-0.39, 0.29) is 5.82 Å². The van der Waals surface area contributed by atoms with E-state index in [1.807, 2.05) is 30.3 Å². The van der Waals surface area contributed by atoms with Crippen LogP contribution in [-0.2, 0) is 0 Å². The highest BCUT2D eigenvalue weighted by atomic mass is 19.1. The minimum absolute atomic E-state index is 0.210. The highest BCUT2D eigenvalue weighted by Crippen LogP contribution is 2.41. The lowest BCUT2D eigenvalue weighted by Crippen LogP contribution is -2.09. The van der Waals surface area contributed by atoms with E-state index in [1.54, 1.807) is 6.07 Å². The van der Waals surface area contributed by atoms with Crippen molar-refractivity contribution in [1.29, 1.82) is 0 Å². The van der Waals surface area contributed by atoms with Crippen LogP contribution in [0.15, 0.2) is 243 Å². The van der Waals surface area contributed by atoms with Gasteiger partial charge in [0.25, 0.3) is 0 Å². The lowest BCUT2D eigenvalue weighted by atomic mass is 10.00. The van der Waals surface area contributed by atoms with Crippen molar-refractivity contribution >= 4 is 82.2 Å². The van der Waals surface area contributed by atoms with Crippen molar-refractivity contribution in [3.8, 4) is 33.6 Å². The second-order valence-corrected chi connectivity index (χ2v) is 17.1. The Kier molecular flexibility index (Phi) is 8.72. The molecule has 2 aromatic heterocycles. The third kappa shape index (κ3) is 6.11. The van der Waals surface area contributed by atoms with E-state index in [2.05, 4.69) is 220 Å². The summed E-state index contributed by atoms with van der Waals surface area (Å²) in [6.07, 6.45) is 0. The Bertz CT molecular complexity index is 3980. The molecule has 0 aliphatic carbocycles. The third-order valence-electron chi connectivity index (χ3n) is 13.3. The summed E-state index contributed by atoms with van der Waals surface area (Å²) in [5.41, 5.74) is 14.7. The maximum Gasteiger partial charge on any atom is 0.131 e. The van der Waals surface area contributed by atoms with Crippen LogP contribution < -0.4 is 4.90 Å². The van der Waals surface area contributed by atoms with E-state index in [0.29, 0.717) is 5.39 Å². The molecule has 0 spiro atoms. The molecule has 0 saturated carbocycles. The van der Waals surface area contributed by atoms with Gasteiger partial charge in [0.1, 0.15) is 5.82 Å². The Morgan fingerprint density at radius 1 is 0.273 bits per heavy atom. The van der Waals surface area contributed by atoms with Crippen molar-refractivity contribution in [2.24, 2.45) is 0 Å². The molecule has 0 unspecified atom stereocenters. The van der Waals surface area contributed by atoms with Crippen LogP contribution in [-0.4, -0.2) is 9.13 Å². The normalized spacial score (nSPS) is 11.7. The minimum Gasteiger partial charge on any atom is -0.310 e. The first-order chi connectivity index (χ1) is 32.6. The second kappa shape index (κ2) is 15.2. The molecule has 4 heteroatoms. The number of hydrogen-bond acceptors (Lipinski definition) is 1. The number of benzene rings is 11. The Balaban J connectivity index is 0.840. The maximum absolute atomic E-state index is 15.3. The molecular formula is C62H40FN3. The first-order valence-corrected chi connectivity index (χ1v) is 22.4. The number of nitrogens with zero attached hydrogens (tertiary/aromatic N) is 3. The Labute approximate surface area is 381 Å². The number of hydrogen-bond donors (Lipinski definition) is 0. The van der Waals surface area contributed by atoms with Gasteiger partial charge in [0.2, 0.25) is 0 Å². The zero-order valence-corrected chi connectivity index (χ0v) is 35.8. The molecule has 0 amide bonds. The van der Waals surface area contributed by atoms with Crippen molar-refractivity contribution in [2.45, 2.75) is 0 Å². The predicted molar refractivity (Wildman–Crippen MR) is 276 cm³/mol. The fourth-order valence-electron chi connectivity index (χ4n) is 10.3. The van der Waals surface area contributed by atoms with Crippen LogP contribution in [0.3, 0.4) is 0 Å². The van der Waals surface area contributed by atoms with Crippen molar-refractivity contribution in [3.05, 3.63) is 248 Å². The van der Waals surface area contributed by atoms with Crippen LogP contribution in [0.4, 0.5) is 21.5 Å². The van der Waals surface area contributed by atoms with Gasteiger partial charge in [-0.3, -0.25) is 0 Å². The van der Waals surface area contributed by atoms with Gasteiger partial charge in [0, 0.05) is 55.4 Å². The molecule has 0 aliphatic heterocycles. The molecule has 0 N–H and O–H groups in total. The summed E-state index contributed by atoms with van der Waals surface area (Å²) >= 11 is 0. The SMILES string of the molecule is Fc1cc2cc(N(c3ccccc3)c3ccc(-c4ccc(-n5c6ccccc6c6cc(-c7ccc8c(c7)c7ccccc7n8-c7ccccc7)ccc65)cc4)cc3)ccc2c2ccccc12. The van der Waals surface area contributed by atoms with Crippen LogP contribution in [0, 0.1) is 5.82 Å². The van der Waals surface area contributed by atoms with Gasteiger partial charge in [0.15, 0.2) is 0 Å². The molecular weight excluding hydrogens is 806 g/mol. The summed E-state index contributed by atoms with van der Waals surface area (Å²) in [6, 6.07) is 85.5. The molecule has 11 aromatic carbocycles. The smallest absolute Gasteiger partial charge is 0.131 e. The number of anilines is 3. The molecule has 13 aromatic rings. The monoisotopic (exact) mass is 845 g/mol. The van der Waals surface area contributed by atoms with Crippen LogP contribution >= 0.6 is 0 Å². The fraction of sp³-hybridized carbons (Fsp3) is 0. The average molecular weight is 846 g/mol. The molecule has 0 bridgehead atoms. The fourth-order valence-corrected chi connectivity index (χ4v) is 10.3. The lowest BCUT2D eigenvalue weighted by Gasteiger charge is -2.26. The summed E-state index contributed by atoms with van der Waals surface area (Å²) in [5, 5.41) is 8.40. The summed E-state index contributed by atoms with van der Waals surface area (Å²) in [5.74, 6) is -0.210.